The fourth-order valence-corrected chi connectivity index (χ4v) is 5.54. The summed E-state index contributed by atoms with van der Waals surface area (Å²) in [4.78, 5) is 5.00. The van der Waals surface area contributed by atoms with E-state index < -0.39 is 0 Å². The van der Waals surface area contributed by atoms with Gasteiger partial charge in [-0.1, -0.05) is 72.8 Å². The lowest BCUT2D eigenvalue weighted by atomic mass is 9.90. The molecule has 33 heavy (non-hydrogen) atoms. The molecule has 4 aromatic carbocycles. The number of imidazole rings is 1. The van der Waals surface area contributed by atoms with E-state index in [1.807, 2.05) is 6.20 Å². The van der Waals surface area contributed by atoms with E-state index in [1.165, 1.54) is 60.6 Å². The summed E-state index contributed by atoms with van der Waals surface area (Å²) < 4.78 is 2.35. The first kappa shape index (κ1) is 19.8. The van der Waals surface area contributed by atoms with Crippen LogP contribution in [0.25, 0.3) is 49.7 Å². The predicted molar refractivity (Wildman–Crippen MR) is 140 cm³/mol. The van der Waals surface area contributed by atoms with Crippen molar-refractivity contribution in [2.75, 3.05) is 0 Å². The van der Waals surface area contributed by atoms with Crippen LogP contribution in [0.1, 0.15) is 22.3 Å². The number of fused-ring (bicyclic) bond motifs is 6. The maximum Gasteiger partial charge on any atom is 0.145 e. The van der Waals surface area contributed by atoms with Crippen LogP contribution in [0.2, 0.25) is 0 Å². The van der Waals surface area contributed by atoms with Crippen LogP contribution in [-0.4, -0.2) is 9.38 Å². The van der Waals surface area contributed by atoms with Crippen LogP contribution in [-0.2, 0) is 0 Å². The van der Waals surface area contributed by atoms with Gasteiger partial charge in [0.15, 0.2) is 0 Å². The molecule has 0 aliphatic rings. The molecule has 0 unspecified atom stereocenters. The zero-order valence-corrected chi connectivity index (χ0v) is 19.5. The first-order chi connectivity index (χ1) is 16.1. The minimum Gasteiger partial charge on any atom is -0.292 e. The Kier molecular flexibility index (Phi) is 4.38. The molecule has 0 saturated carbocycles. The van der Waals surface area contributed by atoms with Crippen molar-refractivity contribution in [2.24, 2.45) is 0 Å². The summed E-state index contributed by atoms with van der Waals surface area (Å²) in [6, 6.07) is 28.4. The summed E-state index contributed by atoms with van der Waals surface area (Å²) in [7, 11) is 0. The predicted octanol–water partition coefficient (Wildman–Crippen LogP) is 8.21. The van der Waals surface area contributed by atoms with E-state index in [1.54, 1.807) is 0 Å². The summed E-state index contributed by atoms with van der Waals surface area (Å²) in [5, 5.41) is 3.71. The summed E-state index contributed by atoms with van der Waals surface area (Å²) >= 11 is 0. The molecule has 0 radical (unpaired) electrons. The molecular weight excluding hydrogens is 400 g/mol. The SMILES string of the molecule is Cc1cccc(C)c1-c1cccc2c1c1ccccc1n1c(-c3c(C)cccc3C)cnc21. The average Bonchev–Trinajstić information content (AvgIpc) is 3.24. The van der Waals surface area contributed by atoms with E-state index in [2.05, 4.69) is 111 Å². The fourth-order valence-electron chi connectivity index (χ4n) is 5.54. The highest BCUT2D eigenvalue weighted by Gasteiger charge is 2.19. The Balaban J connectivity index is 1.83. The Labute approximate surface area is 194 Å². The van der Waals surface area contributed by atoms with Crippen LogP contribution in [0, 0.1) is 27.7 Å². The van der Waals surface area contributed by atoms with Gasteiger partial charge in [-0.3, -0.25) is 4.40 Å². The van der Waals surface area contributed by atoms with Gasteiger partial charge in [-0.05, 0) is 67.1 Å². The van der Waals surface area contributed by atoms with Crippen LogP contribution < -0.4 is 0 Å². The zero-order chi connectivity index (χ0) is 22.7. The van der Waals surface area contributed by atoms with Crippen molar-refractivity contribution >= 4 is 27.3 Å². The minimum atomic E-state index is 1.01. The Bertz CT molecular complexity index is 1660. The van der Waals surface area contributed by atoms with Crippen molar-refractivity contribution in [3.8, 4) is 22.4 Å². The van der Waals surface area contributed by atoms with Crippen molar-refractivity contribution in [3.63, 3.8) is 0 Å². The summed E-state index contributed by atoms with van der Waals surface area (Å²) in [5.74, 6) is 0. The van der Waals surface area contributed by atoms with Gasteiger partial charge in [0.25, 0.3) is 0 Å². The third kappa shape index (κ3) is 2.84. The molecule has 0 aliphatic heterocycles. The molecular formula is C31H26N2. The summed E-state index contributed by atoms with van der Waals surface area (Å²) in [5.41, 5.74) is 12.3. The number of pyridine rings is 1. The third-order valence-electron chi connectivity index (χ3n) is 6.97. The molecule has 0 fully saturated rings. The van der Waals surface area contributed by atoms with Crippen molar-refractivity contribution in [3.05, 3.63) is 107 Å². The standard InChI is InChI=1S/C31H26N2/c1-19-10-7-11-20(2)28(19)24-15-9-16-25-30(24)23-14-5-6-17-26(23)33-27(18-32-31(25)33)29-21(3)12-8-13-22(29)4/h5-18H,1-4H3. The van der Waals surface area contributed by atoms with E-state index in [4.69, 9.17) is 4.98 Å². The monoisotopic (exact) mass is 426 g/mol. The molecule has 0 atom stereocenters. The highest BCUT2D eigenvalue weighted by atomic mass is 15.0. The third-order valence-corrected chi connectivity index (χ3v) is 6.97. The molecule has 0 spiro atoms. The van der Waals surface area contributed by atoms with Crippen LogP contribution in [0.3, 0.4) is 0 Å². The quantitative estimate of drug-likeness (QED) is 0.255. The molecule has 0 saturated heterocycles. The fraction of sp³-hybridized carbons (Fsp3) is 0.129. The lowest BCUT2D eigenvalue weighted by Gasteiger charge is -2.17. The molecule has 0 aliphatic carbocycles. The lowest BCUT2D eigenvalue weighted by molar-refractivity contribution is 1.25. The normalized spacial score (nSPS) is 11.6. The molecule has 0 bridgehead atoms. The van der Waals surface area contributed by atoms with Crippen molar-refractivity contribution < 1.29 is 0 Å². The smallest absolute Gasteiger partial charge is 0.145 e. The summed E-state index contributed by atoms with van der Waals surface area (Å²) in [6.45, 7) is 8.78. The number of para-hydroxylation sites is 1. The van der Waals surface area contributed by atoms with Crippen LogP contribution in [0.4, 0.5) is 0 Å². The van der Waals surface area contributed by atoms with E-state index in [0.29, 0.717) is 0 Å². The maximum atomic E-state index is 5.00. The van der Waals surface area contributed by atoms with Crippen molar-refractivity contribution in [1.82, 2.24) is 9.38 Å². The highest BCUT2D eigenvalue weighted by molar-refractivity contribution is 6.18. The van der Waals surface area contributed by atoms with E-state index in [-0.39, 0.29) is 0 Å². The lowest BCUT2D eigenvalue weighted by Crippen LogP contribution is -1.98. The van der Waals surface area contributed by atoms with Gasteiger partial charge in [0, 0.05) is 21.7 Å². The Morgan fingerprint density at radius 2 is 1.15 bits per heavy atom. The van der Waals surface area contributed by atoms with Gasteiger partial charge in [-0.2, -0.15) is 0 Å². The first-order valence-corrected chi connectivity index (χ1v) is 11.5. The molecule has 6 aromatic rings. The van der Waals surface area contributed by atoms with Gasteiger partial charge in [-0.15, -0.1) is 0 Å². The maximum absolute atomic E-state index is 5.00. The van der Waals surface area contributed by atoms with E-state index >= 15 is 0 Å². The Morgan fingerprint density at radius 3 is 1.85 bits per heavy atom. The van der Waals surface area contributed by atoms with E-state index in [9.17, 15) is 0 Å². The Morgan fingerprint density at radius 1 is 0.576 bits per heavy atom. The number of rotatable bonds is 2. The number of benzene rings is 4. The largest absolute Gasteiger partial charge is 0.292 e. The molecule has 0 N–H and O–H groups in total. The molecule has 160 valence electrons. The van der Waals surface area contributed by atoms with Gasteiger partial charge in [0.05, 0.1) is 17.4 Å². The Hall–Kier alpha value is -3.91. The van der Waals surface area contributed by atoms with Crippen molar-refractivity contribution in [1.29, 1.82) is 0 Å². The second-order valence-corrected chi connectivity index (χ2v) is 9.08. The average molecular weight is 427 g/mol. The molecule has 0 amide bonds. The topological polar surface area (TPSA) is 17.3 Å². The molecule has 6 rings (SSSR count). The number of aromatic nitrogens is 2. The van der Waals surface area contributed by atoms with Crippen LogP contribution in [0.5, 0.6) is 0 Å². The van der Waals surface area contributed by atoms with Gasteiger partial charge < -0.3 is 0 Å². The number of hydrogen-bond acceptors (Lipinski definition) is 1. The minimum absolute atomic E-state index is 1.01. The second kappa shape index (κ2) is 7.31. The first-order valence-electron chi connectivity index (χ1n) is 11.5. The van der Waals surface area contributed by atoms with Crippen molar-refractivity contribution in [2.45, 2.75) is 27.7 Å². The van der Waals surface area contributed by atoms with Gasteiger partial charge >= 0.3 is 0 Å². The van der Waals surface area contributed by atoms with Crippen LogP contribution in [0.15, 0.2) is 85.1 Å². The van der Waals surface area contributed by atoms with Crippen LogP contribution >= 0.6 is 0 Å². The highest BCUT2D eigenvalue weighted by Crippen LogP contribution is 2.40. The number of hydrogen-bond donors (Lipinski definition) is 0. The number of aryl methyl sites for hydroxylation is 4. The molecule has 2 heteroatoms. The molecule has 2 heterocycles. The van der Waals surface area contributed by atoms with Gasteiger partial charge in [-0.25, -0.2) is 4.98 Å². The summed E-state index contributed by atoms with van der Waals surface area (Å²) in [6.07, 6.45) is 2.04. The van der Waals surface area contributed by atoms with E-state index in [0.717, 1.165) is 11.3 Å². The number of nitrogens with zero attached hydrogens (tertiary/aromatic N) is 2. The molecule has 2 aromatic heterocycles. The van der Waals surface area contributed by atoms with Gasteiger partial charge in [0.1, 0.15) is 5.65 Å². The second-order valence-electron chi connectivity index (χ2n) is 9.08. The van der Waals surface area contributed by atoms with Gasteiger partial charge in [0.2, 0.25) is 0 Å². The molecule has 2 nitrogen and oxygen atoms in total. The zero-order valence-electron chi connectivity index (χ0n) is 19.5.